The molecule has 0 aliphatic heterocycles. The molecule has 3 aromatic rings. The van der Waals surface area contributed by atoms with E-state index >= 15 is 0 Å². The van der Waals surface area contributed by atoms with Crippen LogP contribution in [0.25, 0.3) is 10.9 Å². The van der Waals surface area contributed by atoms with Gasteiger partial charge in [-0.25, -0.2) is 4.98 Å². The van der Waals surface area contributed by atoms with E-state index in [0.717, 1.165) is 0 Å². The Morgan fingerprint density at radius 1 is 1.38 bits per heavy atom. The number of hydrogen-bond donors (Lipinski definition) is 1. The molecule has 0 radical (unpaired) electrons. The number of nitrogens with zero attached hydrogens (tertiary/aromatic N) is 3. The molecule has 0 aliphatic rings. The third-order valence-electron chi connectivity index (χ3n) is 3.08. The fourth-order valence-electron chi connectivity index (χ4n) is 2.14. The van der Waals surface area contributed by atoms with Crippen LogP contribution in [-0.4, -0.2) is 15.1 Å². The smallest absolute Gasteiger partial charge is 0.311 e. The molecule has 3 rings (SSSR count). The van der Waals surface area contributed by atoms with Gasteiger partial charge in [-0.15, -0.1) is 0 Å². The predicted octanol–water partition coefficient (Wildman–Crippen LogP) is 3.05. The van der Waals surface area contributed by atoms with Crippen LogP contribution in [0, 0.1) is 17.0 Å². The zero-order chi connectivity index (χ0) is 14.8. The van der Waals surface area contributed by atoms with Gasteiger partial charge < -0.3 is 9.84 Å². The van der Waals surface area contributed by atoms with Crippen molar-refractivity contribution in [1.29, 1.82) is 0 Å². The van der Waals surface area contributed by atoms with E-state index in [0.29, 0.717) is 34.6 Å². The summed E-state index contributed by atoms with van der Waals surface area (Å²) in [5.74, 6) is 0.695. The Labute approximate surface area is 119 Å². The number of para-hydroxylation sites is 1. The molecule has 0 bridgehead atoms. The van der Waals surface area contributed by atoms with Gasteiger partial charge in [0, 0.05) is 11.5 Å². The highest BCUT2D eigenvalue weighted by Crippen LogP contribution is 2.31. The lowest BCUT2D eigenvalue weighted by Crippen LogP contribution is -2.04. The van der Waals surface area contributed by atoms with E-state index in [4.69, 9.17) is 4.52 Å². The van der Waals surface area contributed by atoms with Crippen molar-refractivity contribution in [2.45, 2.75) is 13.5 Å². The van der Waals surface area contributed by atoms with Crippen LogP contribution < -0.4 is 5.32 Å². The number of rotatable bonds is 4. The van der Waals surface area contributed by atoms with Crippen molar-refractivity contribution in [3.8, 4) is 0 Å². The van der Waals surface area contributed by atoms with Gasteiger partial charge >= 0.3 is 5.69 Å². The van der Waals surface area contributed by atoms with E-state index in [9.17, 15) is 10.1 Å². The number of pyridine rings is 1. The maximum Gasteiger partial charge on any atom is 0.311 e. The maximum absolute atomic E-state index is 11.2. The van der Waals surface area contributed by atoms with Crippen LogP contribution in [0.4, 0.5) is 11.4 Å². The van der Waals surface area contributed by atoms with E-state index in [1.807, 2.05) is 18.2 Å². The van der Waals surface area contributed by atoms with Gasteiger partial charge in [-0.3, -0.25) is 10.1 Å². The van der Waals surface area contributed by atoms with E-state index in [2.05, 4.69) is 15.5 Å². The van der Waals surface area contributed by atoms with E-state index in [1.54, 1.807) is 19.1 Å². The minimum absolute atomic E-state index is 0.0612. The molecule has 1 N–H and O–H groups in total. The Morgan fingerprint density at radius 3 is 2.90 bits per heavy atom. The van der Waals surface area contributed by atoms with Crippen LogP contribution >= 0.6 is 0 Å². The Hall–Kier alpha value is -2.96. The lowest BCUT2D eigenvalue weighted by molar-refractivity contribution is -0.384. The molecule has 106 valence electrons. The lowest BCUT2D eigenvalue weighted by atomic mass is 10.1. The zero-order valence-electron chi connectivity index (χ0n) is 11.2. The highest BCUT2D eigenvalue weighted by molar-refractivity contribution is 5.95. The Morgan fingerprint density at radius 2 is 2.19 bits per heavy atom. The fourth-order valence-corrected chi connectivity index (χ4v) is 2.14. The summed E-state index contributed by atoms with van der Waals surface area (Å²) in [5, 5.41) is 18.8. The molecule has 0 unspecified atom stereocenters. The molecule has 0 aliphatic carbocycles. The van der Waals surface area contributed by atoms with Crippen LogP contribution in [0.2, 0.25) is 0 Å². The van der Waals surface area contributed by atoms with Crippen LogP contribution in [0.1, 0.15) is 11.5 Å². The third-order valence-corrected chi connectivity index (χ3v) is 3.08. The fraction of sp³-hybridized carbons (Fsp3) is 0.143. The first-order chi connectivity index (χ1) is 10.1. The Balaban J connectivity index is 2.01. The van der Waals surface area contributed by atoms with Crippen molar-refractivity contribution in [3.05, 3.63) is 58.1 Å². The summed E-state index contributed by atoms with van der Waals surface area (Å²) in [4.78, 5) is 14.8. The van der Waals surface area contributed by atoms with E-state index in [1.165, 1.54) is 6.20 Å². The minimum Gasteiger partial charge on any atom is -0.373 e. The van der Waals surface area contributed by atoms with Crippen molar-refractivity contribution >= 4 is 22.3 Å². The third kappa shape index (κ3) is 2.53. The molecule has 0 amide bonds. The molecule has 0 saturated heterocycles. The summed E-state index contributed by atoms with van der Waals surface area (Å²) in [6.07, 6.45) is 1.26. The second kappa shape index (κ2) is 5.20. The van der Waals surface area contributed by atoms with Crippen LogP contribution in [0.3, 0.4) is 0 Å². The monoisotopic (exact) mass is 284 g/mol. The van der Waals surface area contributed by atoms with Crippen molar-refractivity contribution < 1.29 is 9.45 Å². The molecule has 1 aromatic carbocycles. The SMILES string of the molecule is Cc1cc(CNc2c([N+](=O)[O-])cnc3ccccc23)no1. The van der Waals surface area contributed by atoms with Gasteiger partial charge in [0.2, 0.25) is 0 Å². The number of fused-ring (bicyclic) bond motifs is 1. The molecule has 2 aromatic heterocycles. The molecular weight excluding hydrogens is 272 g/mol. The molecule has 0 atom stereocenters. The number of nitrogens with one attached hydrogen (secondary N) is 1. The van der Waals surface area contributed by atoms with Gasteiger partial charge in [0.15, 0.2) is 0 Å². The lowest BCUT2D eigenvalue weighted by Gasteiger charge is -2.08. The Kier molecular flexibility index (Phi) is 3.23. The van der Waals surface area contributed by atoms with Crippen molar-refractivity contribution in [1.82, 2.24) is 10.1 Å². The first-order valence-corrected chi connectivity index (χ1v) is 6.33. The highest BCUT2D eigenvalue weighted by atomic mass is 16.6. The number of aryl methyl sites for hydroxylation is 1. The molecule has 2 heterocycles. The van der Waals surface area contributed by atoms with Crippen LogP contribution in [0.15, 0.2) is 41.1 Å². The standard InChI is InChI=1S/C14H12N4O3/c1-9-6-10(17-21-9)7-16-14-11-4-2-3-5-12(11)15-8-13(14)18(19)20/h2-6,8H,7H2,1H3,(H,15,16). The average Bonchev–Trinajstić information content (AvgIpc) is 2.90. The Bertz CT molecular complexity index is 813. The first kappa shape index (κ1) is 13.0. The quantitative estimate of drug-likeness (QED) is 0.584. The molecule has 0 spiro atoms. The molecule has 21 heavy (non-hydrogen) atoms. The second-order valence-corrected chi connectivity index (χ2v) is 4.58. The number of nitro groups is 1. The number of hydrogen-bond acceptors (Lipinski definition) is 6. The second-order valence-electron chi connectivity index (χ2n) is 4.58. The van der Waals surface area contributed by atoms with Crippen LogP contribution in [-0.2, 0) is 6.54 Å². The van der Waals surface area contributed by atoms with E-state index < -0.39 is 4.92 Å². The van der Waals surface area contributed by atoms with Crippen LogP contribution in [0.5, 0.6) is 0 Å². The summed E-state index contributed by atoms with van der Waals surface area (Å²) < 4.78 is 4.98. The average molecular weight is 284 g/mol. The maximum atomic E-state index is 11.2. The van der Waals surface area contributed by atoms with Gasteiger partial charge in [0.1, 0.15) is 23.3 Å². The number of benzene rings is 1. The molecular formula is C14H12N4O3. The molecule has 0 saturated carbocycles. The summed E-state index contributed by atoms with van der Waals surface area (Å²) in [6.45, 7) is 2.13. The van der Waals surface area contributed by atoms with Gasteiger partial charge in [0.05, 0.1) is 17.0 Å². The van der Waals surface area contributed by atoms with Gasteiger partial charge in [-0.2, -0.15) is 0 Å². The number of aromatic nitrogens is 2. The molecule has 7 nitrogen and oxygen atoms in total. The number of anilines is 1. The summed E-state index contributed by atoms with van der Waals surface area (Å²) in [6, 6.07) is 9.05. The van der Waals surface area contributed by atoms with E-state index in [-0.39, 0.29) is 5.69 Å². The first-order valence-electron chi connectivity index (χ1n) is 6.33. The van der Waals surface area contributed by atoms with Gasteiger partial charge in [-0.1, -0.05) is 23.4 Å². The largest absolute Gasteiger partial charge is 0.373 e. The molecule has 0 fully saturated rings. The topological polar surface area (TPSA) is 94.1 Å². The summed E-state index contributed by atoms with van der Waals surface area (Å²) >= 11 is 0. The summed E-state index contributed by atoms with van der Waals surface area (Å²) in [5.41, 5.74) is 1.75. The predicted molar refractivity (Wildman–Crippen MR) is 77.0 cm³/mol. The van der Waals surface area contributed by atoms with Crippen molar-refractivity contribution in [2.24, 2.45) is 0 Å². The van der Waals surface area contributed by atoms with Gasteiger partial charge in [0.25, 0.3) is 0 Å². The molecule has 7 heteroatoms. The zero-order valence-corrected chi connectivity index (χ0v) is 11.2. The highest BCUT2D eigenvalue weighted by Gasteiger charge is 2.18. The summed E-state index contributed by atoms with van der Waals surface area (Å²) in [7, 11) is 0. The van der Waals surface area contributed by atoms with Crippen molar-refractivity contribution in [2.75, 3.05) is 5.32 Å². The van der Waals surface area contributed by atoms with Gasteiger partial charge in [-0.05, 0) is 13.0 Å². The minimum atomic E-state index is -0.449. The van der Waals surface area contributed by atoms with Crippen molar-refractivity contribution in [3.63, 3.8) is 0 Å². The normalized spacial score (nSPS) is 10.7.